The van der Waals surface area contributed by atoms with Crippen LogP contribution >= 0.6 is 0 Å². The summed E-state index contributed by atoms with van der Waals surface area (Å²) in [5, 5.41) is 13.2. The van der Waals surface area contributed by atoms with Gasteiger partial charge in [0.15, 0.2) is 0 Å². The molecule has 0 atom stereocenters. The molecule has 1 heterocycles. The minimum atomic E-state index is -0.304. The standard InChI is InChI=1S/C24H24N2O2/c27-23-13-12-21(26-14-5-2-6-15-26)17-22(23)24(28)25-20-11-7-10-19(16-20)18-8-3-1-4-9-18/h1,3-4,7-13,16-17,27H,2,5-6,14-15H2,(H,25,28). The van der Waals surface area contributed by atoms with Crippen LogP contribution in [0.2, 0.25) is 0 Å². The fourth-order valence-electron chi connectivity index (χ4n) is 3.66. The van der Waals surface area contributed by atoms with Crippen LogP contribution in [-0.2, 0) is 0 Å². The fraction of sp³-hybridized carbons (Fsp3) is 0.208. The molecule has 1 amide bonds. The van der Waals surface area contributed by atoms with Gasteiger partial charge in [-0.2, -0.15) is 0 Å². The Kier molecular flexibility index (Phi) is 5.29. The number of rotatable bonds is 4. The highest BCUT2D eigenvalue weighted by atomic mass is 16.3. The van der Waals surface area contributed by atoms with Crippen molar-refractivity contribution in [2.75, 3.05) is 23.3 Å². The van der Waals surface area contributed by atoms with Gasteiger partial charge in [0.1, 0.15) is 5.75 Å². The number of nitrogens with one attached hydrogen (secondary N) is 1. The Labute approximate surface area is 165 Å². The first-order valence-corrected chi connectivity index (χ1v) is 9.75. The van der Waals surface area contributed by atoms with Crippen LogP contribution in [0.1, 0.15) is 29.6 Å². The molecule has 0 bridgehead atoms. The number of nitrogens with zero attached hydrogens (tertiary/aromatic N) is 1. The van der Waals surface area contributed by atoms with Crippen LogP contribution in [-0.4, -0.2) is 24.1 Å². The highest BCUT2D eigenvalue weighted by Crippen LogP contribution is 2.28. The van der Waals surface area contributed by atoms with E-state index in [0.717, 1.165) is 42.7 Å². The molecule has 0 spiro atoms. The Bertz CT molecular complexity index is 963. The summed E-state index contributed by atoms with van der Waals surface area (Å²) in [5.74, 6) is -0.306. The molecule has 142 valence electrons. The van der Waals surface area contributed by atoms with Gasteiger partial charge in [-0.05, 0) is 60.7 Å². The summed E-state index contributed by atoms with van der Waals surface area (Å²) < 4.78 is 0. The molecule has 4 nitrogen and oxygen atoms in total. The maximum atomic E-state index is 12.8. The van der Waals surface area contributed by atoms with E-state index < -0.39 is 0 Å². The molecular weight excluding hydrogens is 348 g/mol. The average molecular weight is 372 g/mol. The summed E-state index contributed by atoms with van der Waals surface area (Å²) in [7, 11) is 0. The van der Waals surface area contributed by atoms with Crippen LogP contribution < -0.4 is 10.2 Å². The van der Waals surface area contributed by atoms with Gasteiger partial charge in [0, 0.05) is 24.5 Å². The number of piperidine rings is 1. The van der Waals surface area contributed by atoms with Crippen LogP contribution in [0.3, 0.4) is 0 Å². The summed E-state index contributed by atoms with van der Waals surface area (Å²) in [5.41, 5.74) is 4.11. The first-order chi connectivity index (χ1) is 13.7. The number of carbonyl (C=O) groups is 1. The number of benzene rings is 3. The first-order valence-electron chi connectivity index (χ1n) is 9.75. The third kappa shape index (κ3) is 4.01. The zero-order valence-corrected chi connectivity index (χ0v) is 15.8. The third-order valence-electron chi connectivity index (χ3n) is 5.17. The molecule has 0 aliphatic carbocycles. The van der Waals surface area contributed by atoms with Crippen molar-refractivity contribution in [2.45, 2.75) is 19.3 Å². The second kappa shape index (κ2) is 8.17. The number of hydrogen-bond acceptors (Lipinski definition) is 3. The quantitative estimate of drug-likeness (QED) is 0.653. The molecule has 4 heteroatoms. The fourth-order valence-corrected chi connectivity index (χ4v) is 3.66. The van der Waals surface area contributed by atoms with Crippen molar-refractivity contribution >= 4 is 17.3 Å². The lowest BCUT2D eigenvalue weighted by Gasteiger charge is -2.29. The number of phenolic OH excluding ortho intramolecular Hbond substituents is 1. The molecule has 1 saturated heterocycles. The Hall–Kier alpha value is -3.27. The first kappa shape index (κ1) is 18.1. The van der Waals surface area contributed by atoms with Gasteiger partial charge in [-0.3, -0.25) is 4.79 Å². The second-order valence-corrected chi connectivity index (χ2v) is 7.15. The monoisotopic (exact) mass is 372 g/mol. The summed E-state index contributed by atoms with van der Waals surface area (Å²) in [4.78, 5) is 15.1. The van der Waals surface area contributed by atoms with Gasteiger partial charge in [-0.15, -0.1) is 0 Å². The number of amides is 1. The van der Waals surface area contributed by atoms with E-state index in [1.165, 1.54) is 6.42 Å². The molecule has 1 aliphatic rings. The summed E-state index contributed by atoms with van der Waals surface area (Å²) in [6.07, 6.45) is 3.57. The molecule has 0 radical (unpaired) electrons. The van der Waals surface area contributed by atoms with E-state index in [0.29, 0.717) is 11.3 Å². The summed E-state index contributed by atoms with van der Waals surface area (Å²) >= 11 is 0. The Balaban J connectivity index is 1.55. The van der Waals surface area contributed by atoms with E-state index in [-0.39, 0.29) is 11.7 Å². The Morgan fingerprint density at radius 1 is 0.821 bits per heavy atom. The number of aromatic hydroxyl groups is 1. The molecule has 3 aromatic carbocycles. The van der Waals surface area contributed by atoms with Crippen molar-refractivity contribution in [1.29, 1.82) is 0 Å². The molecule has 28 heavy (non-hydrogen) atoms. The molecule has 0 aromatic heterocycles. The Morgan fingerprint density at radius 3 is 2.36 bits per heavy atom. The van der Waals surface area contributed by atoms with E-state index in [9.17, 15) is 9.90 Å². The lowest BCUT2D eigenvalue weighted by Crippen LogP contribution is -2.29. The van der Waals surface area contributed by atoms with Gasteiger partial charge >= 0.3 is 0 Å². The number of phenols is 1. The van der Waals surface area contributed by atoms with E-state index in [4.69, 9.17) is 0 Å². The van der Waals surface area contributed by atoms with Gasteiger partial charge in [0.2, 0.25) is 0 Å². The number of hydrogen-bond donors (Lipinski definition) is 2. The van der Waals surface area contributed by atoms with Crippen LogP contribution in [0, 0.1) is 0 Å². The molecule has 0 unspecified atom stereocenters. The van der Waals surface area contributed by atoms with E-state index in [1.807, 2.05) is 60.7 Å². The smallest absolute Gasteiger partial charge is 0.259 e. The highest BCUT2D eigenvalue weighted by Gasteiger charge is 2.17. The van der Waals surface area contributed by atoms with Crippen LogP contribution in [0.25, 0.3) is 11.1 Å². The molecule has 3 aromatic rings. The molecule has 4 rings (SSSR count). The molecule has 2 N–H and O–H groups in total. The van der Waals surface area contributed by atoms with Crippen molar-refractivity contribution < 1.29 is 9.90 Å². The predicted molar refractivity (Wildman–Crippen MR) is 114 cm³/mol. The van der Waals surface area contributed by atoms with Crippen molar-refractivity contribution in [3.8, 4) is 16.9 Å². The zero-order valence-electron chi connectivity index (χ0n) is 15.8. The SMILES string of the molecule is O=C(Nc1cccc(-c2ccccc2)c1)c1cc(N2CCCCC2)ccc1O. The van der Waals surface area contributed by atoms with E-state index in [1.54, 1.807) is 12.1 Å². The second-order valence-electron chi connectivity index (χ2n) is 7.15. The predicted octanol–water partition coefficient (Wildman–Crippen LogP) is 5.30. The Morgan fingerprint density at radius 2 is 1.57 bits per heavy atom. The van der Waals surface area contributed by atoms with Crippen molar-refractivity contribution in [3.63, 3.8) is 0 Å². The average Bonchev–Trinajstić information content (AvgIpc) is 2.75. The summed E-state index contributed by atoms with van der Waals surface area (Å²) in [6.45, 7) is 1.98. The van der Waals surface area contributed by atoms with E-state index >= 15 is 0 Å². The van der Waals surface area contributed by atoms with Gasteiger partial charge < -0.3 is 15.3 Å². The van der Waals surface area contributed by atoms with Crippen LogP contribution in [0.4, 0.5) is 11.4 Å². The van der Waals surface area contributed by atoms with Crippen LogP contribution in [0.5, 0.6) is 5.75 Å². The lowest BCUT2D eigenvalue weighted by atomic mass is 10.0. The summed E-state index contributed by atoms with van der Waals surface area (Å²) in [6, 6.07) is 23.0. The molecular formula is C24H24N2O2. The minimum absolute atomic E-state index is 0.00234. The third-order valence-corrected chi connectivity index (χ3v) is 5.17. The lowest BCUT2D eigenvalue weighted by molar-refractivity contribution is 0.102. The van der Waals surface area contributed by atoms with Crippen LogP contribution in [0.15, 0.2) is 72.8 Å². The van der Waals surface area contributed by atoms with Gasteiger partial charge in [0.05, 0.1) is 5.56 Å². The van der Waals surface area contributed by atoms with E-state index in [2.05, 4.69) is 10.2 Å². The topological polar surface area (TPSA) is 52.6 Å². The van der Waals surface area contributed by atoms with Crippen molar-refractivity contribution in [1.82, 2.24) is 0 Å². The van der Waals surface area contributed by atoms with Crippen molar-refractivity contribution in [3.05, 3.63) is 78.4 Å². The zero-order chi connectivity index (χ0) is 19.3. The van der Waals surface area contributed by atoms with Crippen molar-refractivity contribution in [2.24, 2.45) is 0 Å². The molecule has 0 saturated carbocycles. The number of carbonyl (C=O) groups excluding carboxylic acids is 1. The maximum absolute atomic E-state index is 12.8. The highest BCUT2D eigenvalue weighted by molar-refractivity contribution is 6.07. The van der Waals surface area contributed by atoms with Gasteiger partial charge in [-0.1, -0.05) is 42.5 Å². The van der Waals surface area contributed by atoms with Gasteiger partial charge in [-0.25, -0.2) is 0 Å². The van der Waals surface area contributed by atoms with Gasteiger partial charge in [0.25, 0.3) is 5.91 Å². The minimum Gasteiger partial charge on any atom is -0.507 e. The largest absolute Gasteiger partial charge is 0.507 e. The molecule has 1 aliphatic heterocycles. The normalized spacial score (nSPS) is 13.9. The number of anilines is 2. The maximum Gasteiger partial charge on any atom is 0.259 e. The molecule has 1 fully saturated rings.